The van der Waals surface area contributed by atoms with Gasteiger partial charge < -0.3 is 5.11 Å². The first-order valence-corrected chi connectivity index (χ1v) is 7.73. The average Bonchev–Trinajstić information content (AvgIpc) is 2.40. The molecule has 1 aromatic carbocycles. The molecule has 0 saturated heterocycles. The van der Waals surface area contributed by atoms with Gasteiger partial charge in [0.2, 0.25) is 0 Å². The molecule has 0 saturated carbocycles. The maximum atomic E-state index is 13.0. The van der Waals surface area contributed by atoms with Crippen LogP contribution in [0.5, 0.6) is 0 Å². The van der Waals surface area contributed by atoms with E-state index in [0.29, 0.717) is 0 Å². The van der Waals surface area contributed by atoms with Gasteiger partial charge in [-0.15, -0.1) is 0 Å². The van der Waals surface area contributed by atoms with Crippen molar-refractivity contribution in [2.45, 2.75) is 4.90 Å². The Morgan fingerprint density at radius 3 is 2.57 bits per heavy atom. The van der Waals surface area contributed by atoms with Gasteiger partial charge in [-0.25, -0.2) is 17.6 Å². The second kappa shape index (κ2) is 5.78. The standard InChI is InChI=1S/C12H8BrFN2O4S/c13-10-3-7(12(17)18)1-2-11(10)16-21(19,20)9-4-8(14)5-15-6-9/h1-6,16H,(H,17,18). The molecule has 0 unspecified atom stereocenters. The van der Waals surface area contributed by atoms with Gasteiger partial charge in [0.25, 0.3) is 10.0 Å². The summed E-state index contributed by atoms with van der Waals surface area (Å²) < 4.78 is 39.6. The molecule has 2 aromatic rings. The van der Waals surface area contributed by atoms with Crippen molar-refractivity contribution in [3.8, 4) is 0 Å². The van der Waals surface area contributed by atoms with Crippen LogP contribution in [0.4, 0.5) is 10.1 Å². The highest BCUT2D eigenvalue weighted by Crippen LogP contribution is 2.26. The average molecular weight is 375 g/mol. The molecule has 6 nitrogen and oxygen atoms in total. The van der Waals surface area contributed by atoms with E-state index in [1.165, 1.54) is 18.2 Å². The largest absolute Gasteiger partial charge is 0.478 e. The van der Waals surface area contributed by atoms with E-state index in [4.69, 9.17) is 5.11 Å². The summed E-state index contributed by atoms with van der Waals surface area (Å²) in [5.74, 6) is -1.92. The van der Waals surface area contributed by atoms with Crippen molar-refractivity contribution in [1.29, 1.82) is 0 Å². The molecule has 9 heteroatoms. The van der Waals surface area contributed by atoms with E-state index >= 15 is 0 Å². The summed E-state index contributed by atoms with van der Waals surface area (Å²) in [5, 5.41) is 8.83. The Bertz CT molecular complexity index is 811. The van der Waals surface area contributed by atoms with Crippen molar-refractivity contribution in [2.75, 3.05) is 4.72 Å². The number of carbonyl (C=O) groups is 1. The molecule has 1 aromatic heterocycles. The minimum absolute atomic E-state index is 0.00255. The molecule has 0 radical (unpaired) electrons. The first-order valence-electron chi connectivity index (χ1n) is 5.46. The molecule has 110 valence electrons. The molecular weight excluding hydrogens is 367 g/mol. The highest BCUT2D eigenvalue weighted by atomic mass is 79.9. The number of benzene rings is 1. The number of halogens is 2. The van der Waals surface area contributed by atoms with Gasteiger partial charge >= 0.3 is 5.97 Å². The van der Waals surface area contributed by atoms with Crippen molar-refractivity contribution in [3.05, 3.63) is 52.5 Å². The van der Waals surface area contributed by atoms with Crippen LogP contribution in [0.2, 0.25) is 0 Å². The van der Waals surface area contributed by atoms with Crippen LogP contribution in [0.15, 0.2) is 46.0 Å². The van der Waals surface area contributed by atoms with Crippen LogP contribution < -0.4 is 4.72 Å². The third-order valence-corrected chi connectivity index (χ3v) is 4.44. The quantitative estimate of drug-likeness (QED) is 0.856. The molecule has 0 aliphatic heterocycles. The van der Waals surface area contributed by atoms with Gasteiger partial charge in [-0.2, -0.15) is 0 Å². The van der Waals surface area contributed by atoms with Gasteiger partial charge in [0.15, 0.2) is 0 Å². The van der Waals surface area contributed by atoms with E-state index < -0.39 is 21.8 Å². The molecule has 1 heterocycles. The number of nitrogens with zero attached hydrogens (tertiary/aromatic N) is 1. The molecule has 21 heavy (non-hydrogen) atoms. The minimum Gasteiger partial charge on any atom is -0.478 e. The number of pyridine rings is 1. The summed E-state index contributed by atoms with van der Waals surface area (Å²) >= 11 is 3.08. The van der Waals surface area contributed by atoms with Crippen LogP contribution in [0.25, 0.3) is 0 Å². The monoisotopic (exact) mass is 374 g/mol. The molecule has 2 rings (SSSR count). The zero-order valence-corrected chi connectivity index (χ0v) is 12.6. The molecule has 0 atom stereocenters. The summed E-state index contributed by atoms with van der Waals surface area (Å²) in [6.07, 6.45) is 1.89. The molecule has 0 aliphatic rings. The third kappa shape index (κ3) is 3.56. The number of anilines is 1. The fraction of sp³-hybridized carbons (Fsp3) is 0. The Labute approximate surface area is 127 Å². The van der Waals surface area contributed by atoms with Gasteiger partial charge in [0, 0.05) is 10.7 Å². The van der Waals surface area contributed by atoms with Crippen LogP contribution in [0, 0.1) is 5.82 Å². The molecule has 0 fully saturated rings. The number of hydrogen-bond acceptors (Lipinski definition) is 4. The number of carboxylic acids is 1. The highest BCUT2D eigenvalue weighted by molar-refractivity contribution is 9.10. The van der Waals surface area contributed by atoms with Gasteiger partial charge in [-0.1, -0.05) is 0 Å². The lowest BCUT2D eigenvalue weighted by molar-refractivity contribution is 0.0697. The van der Waals surface area contributed by atoms with Crippen LogP contribution >= 0.6 is 15.9 Å². The zero-order valence-electron chi connectivity index (χ0n) is 10.2. The van der Waals surface area contributed by atoms with E-state index in [1.807, 2.05) is 0 Å². The van der Waals surface area contributed by atoms with E-state index in [0.717, 1.165) is 18.5 Å². The van der Waals surface area contributed by atoms with Crippen LogP contribution in [0.3, 0.4) is 0 Å². The molecule has 0 bridgehead atoms. The van der Waals surface area contributed by atoms with Crippen LogP contribution in [-0.4, -0.2) is 24.5 Å². The van der Waals surface area contributed by atoms with Crippen molar-refractivity contribution >= 4 is 37.6 Å². The maximum absolute atomic E-state index is 13.0. The number of nitrogens with one attached hydrogen (secondary N) is 1. The van der Waals surface area contributed by atoms with E-state index in [1.54, 1.807) is 0 Å². The Morgan fingerprint density at radius 1 is 1.29 bits per heavy atom. The Hall–Kier alpha value is -2.00. The number of carboxylic acid groups (broad SMARTS) is 1. The fourth-order valence-electron chi connectivity index (χ4n) is 1.47. The predicted molar refractivity (Wildman–Crippen MR) is 76.1 cm³/mol. The summed E-state index contributed by atoms with van der Waals surface area (Å²) in [6.45, 7) is 0. The SMILES string of the molecule is O=C(O)c1ccc(NS(=O)(=O)c2cncc(F)c2)c(Br)c1. The first kappa shape index (κ1) is 15.4. The van der Waals surface area contributed by atoms with Crippen LogP contribution in [0.1, 0.15) is 10.4 Å². The number of rotatable bonds is 4. The molecule has 0 aliphatic carbocycles. The van der Waals surface area contributed by atoms with E-state index in [-0.39, 0.29) is 20.6 Å². The molecule has 2 N–H and O–H groups in total. The third-order valence-electron chi connectivity index (χ3n) is 2.45. The number of aromatic nitrogens is 1. The smallest absolute Gasteiger partial charge is 0.335 e. The molecule has 0 amide bonds. The molecular formula is C12H8BrFN2O4S. The van der Waals surface area contributed by atoms with Gasteiger partial charge in [0.1, 0.15) is 10.7 Å². The lowest BCUT2D eigenvalue weighted by Gasteiger charge is -2.10. The second-order valence-corrected chi connectivity index (χ2v) is 6.48. The van der Waals surface area contributed by atoms with Crippen LogP contribution in [-0.2, 0) is 10.0 Å². The van der Waals surface area contributed by atoms with Gasteiger partial charge in [-0.3, -0.25) is 9.71 Å². The van der Waals surface area contributed by atoms with E-state index in [9.17, 15) is 17.6 Å². The Morgan fingerprint density at radius 2 is 2.00 bits per heavy atom. The highest BCUT2D eigenvalue weighted by Gasteiger charge is 2.17. The van der Waals surface area contributed by atoms with Gasteiger partial charge in [0.05, 0.1) is 17.4 Å². The summed E-state index contributed by atoms with van der Waals surface area (Å²) in [4.78, 5) is 13.9. The minimum atomic E-state index is -4.02. The fourth-order valence-corrected chi connectivity index (χ4v) is 3.14. The lowest BCUT2D eigenvalue weighted by atomic mass is 10.2. The van der Waals surface area contributed by atoms with Crippen molar-refractivity contribution in [2.24, 2.45) is 0 Å². The predicted octanol–water partition coefficient (Wildman–Crippen LogP) is 2.48. The Kier molecular flexibility index (Phi) is 4.24. The summed E-state index contributed by atoms with van der Waals surface area (Å²) in [7, 11) is -4.02. The second-order valence-electron chi connectivity index (χ2n) is 3.94. The molecule has 0 spiro atoms. The van der Waals surface area contributed by atoms with Crippen molar-refractivity contribution in [1.82, 2.24) is 4.98 Å². The first-order chi connectivity index (χ1) is 9.79. The number of sulfonamides is 1. The van der Waals surface area contributed by atoms with Crippen molar-refractivity contribution < 1.29 is 22.7 Å². The van der Waals surface area contributed by atoms with Gasteiger partial charge in [-0.05, 0) is 40.2 Å². The lowest BCUT2D eigenvalue weighted by Crippen LogP contribution is -2.14. The normalized spacial score (nSPS) is 11.1. The maximum Gasteiger partial charge on any atom is 0.335 e. The Balaban J connectivity index is 2.35. The summed E-state index contributed by atoms with van der Waals surface area (Å²) in [6, 6.07) is 4.62. The zero-order chi connectivity index (χ0) is 15.6. The number of aromatic carboxylic acids is 1. The summed E-state index contributed by atoms with van der Waals surface area (Å²) in [5.41, 5.74) is 0.126. The topological polar surface area (TPSA) is 96.4 Å². The van der Waals surface area contributed by atoms with Crippen molar-refractivity contribution in [3.63, 3.8) is 0 Å². The van der Waals surface area contributed by atoms with E-state index in [2.05, 4.69) is 25.6 Å². The number of hydrogen-bond donors (Lipinski definition) is 2.